The Balaban J connectivity index is 1.36. The Labute approximate surface area is 136 Å². The van der Waals surface area contributed by atoms with Crippen LogP contribution in [0, 0.1) is 5.92 Å². The van der Waals surface area contributed by atoms with E-state index in [2.05, 4.69) is 15.2 Å². The highest BCUT2D eigenvalue weighted by Crippen LogP contribution is 2.19. The third-order valence-electron chi connectivity index (χ3n) is 4.38. The summed E-state index contributed by atoms with van der Waals surface area (Å²) in [7, 11) is 0. The van der Waals surface area contributed by atoms with E-state index >= 15 is 0 Å². The molecule has 1 fully saturated rings. The van der Waals surface area contributed by atoms with E-state index < -0.39 is 0 Å². The van der Waals surface area contributed by atoms with E-state index in [0.717, 1.165) is 44.7 Å². The van der Waals surface area contributed by atoms with Crippen LogP contribution in [-0.2, 0) is 17.8 Å². The molecule has 0 unspecified atom stereocenters. The molecule has 5 heteroatoms. The lowest BCUT2D eigenvalue weighted by Gasteiger charge is -2.30. The summed E-state index contributed by atoms with van der Waals surface area (Å²) in [5.74, 6) is 1.32. The van der Waals surface area contributed by atoms with Gasteiger partial charge in [0.05, 0.1) is 12.8 Å². The molecule has 1 N–H and O–H groups in total. The van der Waals surface area contributed by atoms with Gasteiger partial charge in [-0.15, -0.1) is 0 Å². The molecule has 1 aliphatic heterocycles. The van der Waals surface area contributed by atoms with Crippen LogP contribution in [0.5, 0.6) is 0 Å². The standard InChI is InChI=1S/C18H23N3O2/c22-18(20-10-5-15-3-8-19-9-4-15)16-6-11-21(12-7-16)14-17-2-1-13-23-17/h1-4,8-9,13,16H,5-7,10-12,14H2,(H,20,22). The number of aromatic nitrogens is 1. The summed E-state index contributed by atoms with van der Waals surface area (Å²) in [4.78, 5) is 18.6. The third-order valence-corrected chi connectivity index (χ3v) is 4.38. The summed E-state index contributed by atoms with van der Waals surface area (Å²) in [5.41, 5.74) is 1.20. The third kappa shape index (κ3) is 4.66. The van der Waals surface area contributed by atoms with Crippen molar-refractivity contribution in [2.75, 3.05) is 19.6 Å². The van der Waals surface area contributed by atoms with Crippen LogP contribution in [-0.4, -0.2) is 35.4 Å². The Hall–Kier alpha value is -2.14. The van der Waals surface area contributed by atoms with Crippen LogP contribution in [0.2, 0.25) is 0 Å². The molecule has 3 heterocycles. The van der Waals surface area contributed by atoms with Crippen LogP contribution in [0.15, 0.2) is 47.3 Å². The van der Waals surface area contributed by atoms with Crippen molar-refractivity contribution < 1.29 is 9.21 Å². The van der Waals surface area contributed by atoms with Gasteiger partial charge in [-0.2, -0.15) is 0 Å². The molecule has 0 radical (unpaired) electrons. The molecule has 23 heavy (non-hydrogen) atoms. The first-order valence-corrected chi connectivity index (χ1v) is 8.22. The molecule has 122 valence electrons. The zero-order chi connectivity index (χ0) is 15.9. The number of likely N-dealkylation sites (tertiary alicyclic amines) is 1. The molecular weight excluding hydrogens is 290 g/mol. The number of rotatable bonds is 6. The van der Waals surface area contributed by atoms with Crippen molar-refractivity contribution in [3.63, 3.8) is 0 Å². The highest BCUT2D eigenvalue weighted by Gasteiger charge is 2.24. The number of amides is 1. The molecule has 0 aromatic carbocycles. The van der Waals surface area contributed by atoms with E-state index in [1.54, 1.807) is 18.7 Å². The van der Waals surface area contributed by atoms with Gasteiger partial charge in [0, 0.05) is 24.9 Å². The number of nitrogens with zero attached hydrogens (tertiary/aromatic N) is 2. The molecular formula is C18H23N3O2. The maximum Gasteiger partial charge on any atom is 0.223 e. The van der Waals surface area contributed by atoms with Crippen LogP contribution in [0.1, 0.15) is 24.2 Å². The predicted molar refractivity (Wildman–Crippen MR) is 87.7 cm³/mol. The van der Waals surface area contributed by atoms with E-state index in [4.69, 9.17) is 4.42 Å². The molecule has 2 aromatic rings. The molecule has 0 atom stereocenters. The second kappa shape index (κ2) is 7.92. The Kier molecular flexibility index (Phi) is 5.42. The van der Waals surface area contributed by atoms with Crippen LogP contribution in [0.4, 0.5) is 0 Å². The van der Waals surface area contributed by atoms with E-state index in [1.807, 2.05) is 24.3 Å². The van der Waals surface area contributed by atoms with Crippen molar-refractivity contribution in [3.8, 4) is 0 Å². The van der Waals surface area contributed by atoms with Gasteiger partial charge in [-0.1, -0.05) is 0 Å². The first kappa shape index (κ1) is 15.7. The Morgan fingerprint density at radius 1 is 1.26 bits per heavy atom. The smallest absolute Gasteiger partial charge is 0.223 e. The van der Waals surface area contributed by atoms with Crippen molar-refractivity contribution in [3.05, 3.63) is 54.2 Å². The van der Waals surface area contributed by atoms with Crippen molar-refractivity contribution in [2.24, 2.45) is 5.92 Å². The van der Waals surface area contributed by atoms with Crippen LogP contribution < -0.4 is 5.32 Å². The molecule has 0 bridgehead atoms. The lowest BCUT2D eigenvalue weighted by atomic mass is 9.95. The van der Waals surface area contributed by atoms with Crippen LogP contribution in [0.3, 0.4) is 0 Å². The molecule has 0 spiro atoms. The number of hydrogen-bond donors (Lipinski definition) is 1. The first-order chi connectivity index (χ1) is 11.3. The van der Waals surface area contributed by atoms with Crippen LogP contribution >= 0.6 is 0 Å². The lowest BCUT2D eigenvalue weighted by Crippen LogP contribution is -2.40. The fourth-order valence-corrected chi connectivity index (χ4v) is 3.00. The van der Waals surface area contributed by atoms with E-state index in [1.165, 1.54) is 5.56 Å². The van der Waals surface area contributed by atoms with Gasteiger partial charge in [0.2, 0.25) is 5.91 Å². The Morgan fingerprint density at radius 3 is 2.74 bits per heavy atom. The van der Waals surface area contributed by atoms with Gasteiger partial charge in [-0.3, -0.25) is 14.7 Å². The van der Waals surface area contributed by atoms with Gasteiger partial charge in [0.25, 0.3) is 0 Å². The summed E-state index contributed by atoms with van der Waals surface area (Å²) < 4.78 is 5.38. The van der Waals surface area contributed by atoms with Crippen molar-refractivity contribution in [2.45, 2.75) is 25.8 Å². The van der Waals surface area contributed by atoms with Crippen molar-refractivity contribution in [1.82, 2.24) is 15.2 Å². The SMILES string of the molecule is O=C(NCCc1ccncc1)C1CCN(Cc2ccco2)CC1. The molecule has 1 saturated heterocycles. The van der Waals surface area contributed by atoms with E-state index in [0.29, 0.717) is 6.54 Å². The van der Waals surface area contributed by atoms with Gasteiger partial charge in [-0.25, -0.2) is 0 Å². The number of pyridine rings is 1. The fourth-order valence-electron chi connectivity index (χ4n) is 3.00. The number of hydrogen-bond acceptors (Lipinski definition) is 4. The fraction of sp³-hybridized carbons (Fsp3) is 0.444. The lowest BCUT2D eigenvalue weighted by molar-refractivity contribution is -0.126. The van der Waals surface area contributed by atoms with E-state index in [9.17, 15) is 4.79 Å². The summed E-state index contributed by atoms with van der Waals surface area (Å²) in [6, 6.07) is 7.88. The van der Waals surface area contributed by atoms with Crippen molar-refractivity contribution >= 4 is 5.91 Å². The number of carbonyl (C=O) groups is 1. The molecule has 1 amide bonds. The number of furan rings is 1. The largest absolute Gasteiger partial charge is 0.468 e. The highest BCUT2D eigenvalue weighted by atomic mass is 16.3. The zero-order valence-electron chi connectivity index (χ0n) is 13.3. The minimum Gasteiger partial charge on any atom is -0.468 e. The summed E-state index contributed by atoms with van der Waals surface area (Å²) in [6.45, 7) is 3.42. The second-order valence-corrected chi connectivity index (χ2v) is 6.03. The summed E-state index contributed by atoms with van der Waals surface area (Å²) >= 11 is 0. The minimum absolute atomic E-state index is 0.139. The number of carbonyl (C=O) groups excluding carboxylic acids is 1. The highest BCUT2D eigenvalue weighted by molar-refractivity contribution is 5.78. The average molecular weight is 313 g/mol. The maximum atomic E-state index is 12.3. The van der Waals surface area contributed by atoms with Crippen molar-refractivity contribution in [1.29, 1.82) is 0 Å². The molecule has 3 rings (SSSR count). The average Bonchev–Trinajstić information content (AvgIpc) is 3.09. The molecule has 0 aliphatic carbocycles. The van der Waals surface area contributed by atoms with Gasteiger partial charge < -0.3 is 9.73 Å². The van der Waals surface area contributed by atoms with Crippen LogP contribution in [0.25, 0.3) is 0 Å². The van der Waals surface area contributed by atoms with Gasteiger partial charge in [0.15, 0.2) is 0 Å². The summed E-state index contributed by atoms with van der Waals surface area (Å²) in [5, 5.41) is 3.06. The summed E-state index contributed by atoms with van der Waals surface area (Å²) in [6.07, 6.45) is 7.96. The Bertz CT molecular complexity index is 590. The minimum atomic E-state index is 0.139. The Morgan fingerprint density at radius 2 is 2.04 bits per heavy atom. The van der Waals surface area contributed by atoms with Gasteiger partial charge in [0.1, 0.15) is 5.76 Å². The molecule has 2 aromatic heterocycles. The number of nitrogens with one attached hydrogen (secondary N) is 1. The van der Waals surface area contributed by atoms with Gasteiger partial charge >= 0.3 is 0 Å². The first-order valence-electron chi connectivity index (χ1n) is 8.22. The quantitative estimate of drug-likeness (QED) is 0.888. The monoisotopic (exact) mass is 313 g/mol. The normalized spacial score (nSPS) is 16.3. The predicted octanol–water partition coefficient (Wildman–Crippen LogP) is 2.25. The van der Waals surface area contributed by atoms with E-state index in [-0.39, 0.29) is 11.8 Å². The molecule has 1 aliphatic rings. The topological polar surface area (TPSA) is 58.4 Å². The zero-order valence-corrected chi connectivity index (χ0v) is 13.3. The number of piperidine rings is 1. The molecule has 0 saturated carbocycles. The second-order valence-electron chi connectivity index (χ2n) is 6.03. The maximum absolute atomic E-state index is 12.3. The molecule has 5 nitrogen and oxygen atoms in total. The van der Waals surface area contributed by atoms with Gasteiger partial charge in [-0.05, 0) is 62.2 Å².